The number of primary sulfonamides is 1. The van der Waals surface area contributed by atoms with Gasteiger partial charge in [-0.3, -0.25) is 9.79 Å². The third-order valence-corrected chi connectivity index (χ3v) is 6.41. The molecule has 1 aliphatic rings. The molecule has 0 fully saturated rings. The number of amides is 1. The summed E-state index contributed by atoms with van der Waals surface area (Å²) in [5.74, 6) is 0.848. The molecule has 0 radical (unpaired) electrons. The van der Waals surface area contributed by atoms with E-state index in [2.05, 4.69) is 10.3 Å². The lowest BCUT2D eigenvalue weighted by atomic mass is 10.3. The summed E-state index contributed by atoms with van der Waals surface area (Å²) in [7, 11) is -3.72. The number of nitrogens with two attached hydrogens (primary N) is 1. The van der Waals surface area contributed by atoms with Crippen molar-refractivity contribution in [1.82, 2.24) is 0 Å². The molecule has 1 atom stereocenters. The van der Waals surface area contributed by atoms with Gasteiger partial charge in [0.15, 0.2) is 0 Å². The van der Waals surface area contributed by atoms with Crippen molar-refractivity contribution in [1.29, 1.82) is 0 Å². The van der Waals surface area contributed by atoms with Crippen LogP contribution in [0.1, 0.15) is 13.3 Å². The highest BCUT2D eigenvalue weighted by Crippen LogP contribution is 2.28. The van der Waals surface area contributed by atoms with E-state index in [0.717, 1.165) is 16.7 Å². The summed E-state index contributed by atoms with van der Waals surface area (Å²) in [6, 6.07) is 5.79. The lowest BCUT2D eigenvalue weighted by Crippen LogP contribution is -2.25. The zero-order chi connectivity index (χ0) is 16.2. The summed E-state index contributed by atoms with van der Waals surface area (Å²) in [6.45, 7) is 2.75. The smallest absolute Gasteiger partial charge is 0.238 e. The van der Waals surface area contributed by atoms with E-state index in [1.54, 1.807) is 11.8 Å². The molecule has 1 amide bonds. The van der Waals surface area contributed by atoms with Gasteiger partial charge in [-0.2, -0.15) is 0 Å². The second-order valence-electron chi connectivity index (χ2n) is 4.57. The second-order valence-corrected chi connectivity index (χ2v) is 8.66. The van der Waals surface area contributed by atoms with Crippen LogP contribution in [0.15, 0.2) is 34.2 Å². The maximum absolute atomic E-state index is 12.3. The lowest BCUT2D eigenvalue weighted by molar-refractivity contribution is -0.115. The number of anilines is 1. The summed E-state index contributed by atoms with van der Waals surface area (Å²) in [6.07, 6.45) is 0.686. The molecular formula is C13H17N3O3S3. The van der Waals surface area contributed by atoms with Gasteiger partial charge >= 0.3 is 0 Å². The van der Waals surface area contributed by atoms with E-state index in [1.165, 1.54) is 36.0 Å². The molecule has 1 aromatic carbocycles. The van der Waals surface area contributed by atoms with Crippen LogP contribution >= 0.6 is 23.5 Å². The molecule has 3 N–H and O–H groups in total. The number of rotatable bonds is 5. The predicted molar refractivity (Wildman–Crippen MR) is 92.9 cm³/mol. The maximum atomic E-state index is 12.3. The van der Waals surface area contributed by atoms with Gasteiger partial charge in [0.1, 0.15) is 4.38 Å². The summed E-state index contributed by atoms with van der Waals surface area (Å²) in [5, 5.41) is 7.60. The average molecular weight is 359 g/mol. The first-order valence-electron chi connectivity index (χ1n) is 6.68. The van der Waals surface area contributed by atoms with Gasteiger partial charge in [-0.25, -0.2) is 13.6 Å². The van der Waals surface area contributed by atoms with Crippen molar-refractivity contribution in [3.63, 3.8) is 0 Å². The first kappa shape index (κ1) is 17.3. The van der Waals surface area contributed by atoms with Gasteiger partial charge in [0.2, 0.25) is 15.9 Å². The zero-order valence-electron chi connectivity index (χ0n) is 12.0. The molecule has 0 bridgehead atoms. The number of benzene rings is 1. The Bertz CT molecular complexity index is 672. The fourth-order valence-corrected chi connectivity index (χ4v) is 4.45. The van der Waals surface area contributed by atoms with Crippen molar-refractivity contribution in [3.05, 3.63) is 24.3 Å². The number of carbonyl (C=O) groups excluding carboxylic acids is 1. The molecule has 120 valence electrons. The fourth-order valence-electron chi connectivity index (χ4n) is 1.78. The van der Waals surface area contributed by atoms with Crippen molar-refractivity contribution in [3.8, 4) is 0 Å². The van der Waals surface area contributed by atoms with Crippen LogP contribution in [0.4, 0.5) is 5.69 Å². The van der Waals surface area contributed by atoms with Gasteiger partial charge < -0.3 is 5.32 Å². The van der Waals surface area contributed by atoms with E-state index < -0.39 is 10.0 Å². The highest BCUT2D eigenvalue weighted by Gasteiger charge is 2.21. The van der Waals surface area contributed by atoms with Gasteiger partial charge in [-0.1, -0.05) is 30.4 Å². The van der Waals surface area contributed by atoms with Gasteiger partial charge in [-0.05, 0) is 30.7 Å². The minimum Gasteiger partial charge on any atom is -0.325 e. The molecule has 0 aliphatic carbocycles. The molecule has 2 rings (SSSR count). The molecule has 0 unspecified atom stereocenters. The third-order valence-electron chi connectivity index (χ3n) is 2.91. The molecule has 1 aromatic rings. The number of carbonyl (C=O) groups is 1. The van der Waals surface area contributed by atoms with Crippen LogP contribution in [-0.4, -0.2) is 36.2 Å². The Morgan fingerprint density at radius 3 is 2.64 bits per heavy atom. The maximum Gasteiger partial charge on any atom is 0.238 e. The van der Waals surface area contributed by atoms with Crippen LogP contribution in [0.3, 0.4) is 0 Å². The largest absolute Gasteiger partial charge is 0.325 e. The lowest BCUT2D eigenvalue weighted by Gasteiger charge is -2.14. The van der Waals surface area contributed by atoms with E-state index in [4.69, 9.17) is 5.14 Å². The van der Waals surface area contributed by atoms with Crippen LogP contribution < -0.4 is 10.5 Å². The van der Waals surface area contributed by atoms with Crippen LogP contribution in [0.5, 0.6) is 0 Å². The number of hydrogen-bond acceptors (Lipinski definition) is 6. The normalized spacial score (nSPS) is 16.2. The van der Waals surface area contributed by atoms with Crippen molar-refractivity contribution in [2.45, 2.75) is 23.5 Å². The second kappa shape index (κ2) is 7.49. The van der Waals surface area contributed by atoms with Crippen molar-refractivity contribution in [2.24, 2.45) is 10.1 Å². The fraction of sp³-hybridized carbons (Fsp3) is 0.385. The predicted octanol–water partition coefficient (Wildman–Crippen LogP) is 1.89. The Hall–Kier alpha value is -1.03. The first-order chi connectivity index (χ1) is 10.4. The number of nitrogens with one attached hydrogen (secondary N) is 1. The van der Waals surface area contributed by atoms with Crippen molar-refractivity contribution >= 4 is 49.5 Å². The first-order valence-corrected chi connectivity index (χ1v) is 10.1. The quantitative estimate of drug-likeness (QED) is 0.836. The van der Waals surface area contributed by atoms with E-state index in [9.17, 15) is 13.2 Å². The van der Waals surface area contributed by atoms with Crippen LogP contribution in [0.25, 0.3) is 0 Å². The Balaban J connectivity index is 2.00. The van der Waals surface area contributed by atoms with E-state index in [0.29, 0.717) is 12.1 Å². The zero-order valence-corrected chi connectivity index (χ0v) is 14.4. The monoisotopic (exact) mass is 359 g/mol. The summed E-state index contributed by atoms with van der Waals surface area (Å²) in [4.78, 5) is 16.6. The van der Waals surface area contributed by atoms with Crippen molar-refractivity contribution < 1.29 is 13.2 Å². The Morgan fingerprint density at radius 1 is 1.45 bits per heavy atom. The number of aliphatic imine (C=N–C) groups is 1. The number of thioether (sulfide) groups is 2. The SMILES string of the molecule is CC[C@@H](SC1=NCCS1)C(=O)Nc1ccc(S(N)(=O)=O)cc1. The average Bonchev–Trinajstić information content (AvgIpc) is 2.97. The molecule has 0 spiro atoms. The number of hydrogen-bond donors (Lipinski definition) is 2. The molecule has 1 aliphatic heterocycles. The molecule has 0 aromatic heterocycles. The van der Waals surface area contributed by atoms with Gasteiger partial charge in [0, 0.05) is 11.4 Å². The van der Waals surface area contributed by atoms with Crippen LogP contribution in [0.2, 0.25) is 0 Å². The standard InChI is InChI=1S/C13H17N3O3S3/c1-2-11(21-13-15-7-8-20-13)12(17)16-9-3-5-10(6-4-9)22(14,18)19/h3-6,11H,2,7-8H2,1H3,(H,16,17)(H2,14,18,19)/t11-/m1/s1. The van der Waals surface area contributed by atoms with E-state index in [1.807, 2.05) is 6.92 Å². The van der Waals surface area contributed by atoms with Gasteiger partial charge in [0.25, 0.3) is 0 Å². The molecule has 6 nitrogen and oxygen atoms in total. The Kier molecular flexibility index (Phi) is 5.90. The van der Waals surface area contributed by atoms with Crippen molar-refractivity contribution in [2.75, 3.05) is 17.6 Å². The summed E-state index contributed by atoms with van der Waals surface area (Å²) < 4.78 is 23.3. The molecule has 0 saturated heterocycles. The molecule has 1 heterocycles. The van der Waals surface area contributed by atoms with Gasteiger partial charge in [-0.15, -0.1) is 0 Å². The number of nitrogens with zero attached hydrogens (tertiary/aromatic N) is 1. The van der Waals surface area contributed by atoms with E-state index >= 15 is 0 Å². The minimum absolute atomic E-state index is 0.0172. The van der Waals surface area contributed by atoms with Gasteiger partial charge in [0.05, 0.1) is 16.7 Å². The summed E-state index contributed by atoms with van der Waals surface area (Å²) in [5.41, 5.74) is 0.539. The third kappa shape index (κ3) is 4.73. The van der Waals surface area contributed by atoms with E-state index in [-0.39, 0.29) is 16.1 Å². The topological polar surface area (TPSA) is 102 Å². The number of sulfonamides is 1. The molecule has 0 saturated carbocycles. The Labute approximate surface area is 138 Å². The van der Waals surface area contributed by atoms with Crippen LogP contribution in [-0.2, 0) is 14.8 Å². The molecule has 9 heteroatoms. The highest BCUT2D eigenvalue weighted by molar-refractivity contribution is 8.39. The molecule has 22 heavy (non-hydrogen) atoms. The highest BCUT2D eigenvalue weighted by atomic mass is 32.2. The molecular weight excluding hydrogens is 342 g/mol. The minimum atomic E-state index is -3.72. The Morgan fingerprint density at radius 2 is 2.14 bits per heavy atom. The van der Waals surface area contributed by atoms with Crippen LogP contribution in [0, 0.1) is 0 Å². The summed E-state index contributed by atoms with van der Waals surface area (Å²) >= 11 is 3.14.